The summed E-state index contributed by atoms with van der Waals surface area (Å²) in [5.74, 6) is 0. The van der Waals surface area contributed by atoms with Gasteiger partial charge in [-0.05, 0) is 31.4 Å². The van der Waals surface area contributed by atoms with Gasteiger partial charge in [0.2, 0.25) is 0 Å². The fraction of sp³-hybridized carbons (Fsp3) is 0.750. The van der Waals surface area contributed by atoms with E-state index in [0.717, 1.165) is 13.0 Å². The summed E-state index contributed by atoms with van der Waals surface area (Å²) in [5.41, 5.74) is 1.36. The van der Waals surface area contributed by atoms with Gasteiger partial charge in [0.15, 0.2) is 0 Å². The van der Waals surface area contributed by atoms with E-state index < -0.39 is 0 Å². The van der Waals surface area contributed by atoms with Crippen LogP contribution >= 0.6 is 0 Å². The molecule has 0 aliphatic carbocycles. The third kappa shape index (κ3) is 5.57. The molecule has 0 saturated carbocycles. The Balaban J connectivity index is 1.98. The first kappa shape index (κ1) is 12.2. The van der Waals surface area contributed by atoms with Crippen molar-refractivity contribution in [2.75, 3.05) is 6.54 Å². The largest absolute Gasteiger partial charge is 0.315 e. The fourth-order valence-corrected chi connectivity index (χ4v) is 1.62. The summed E-state index contributed by atoms with van der Waals surface area (Å²) < 4.78 is 1.87. The van der Waals surface area contributed by atoms with Crippen LogP contribution in [0.2, 0.25) is 0 Å². The Bertz CT molecular complexity index is 266. The zero-order valence-corrected chi connectivity index (χ0v) is 10.2. The van der Waals surface area contributed by atoms with Crippen molar-refractivity contribution in [3.8, 4) is 0 Å². The summed E-state index contributed by atoms with van der Waals surface area (Å²) in [6, 6.07) is 0.614. The molecule has 0 aromatic carbocycles. The molecule has 15 heavy (non-hydrogen) atoms. The van der Waals surface area contributed by atoms with E-state index in [0.29, 0.717) is 6.04 Å². The highest BCUT2D eigenvalue weighted by molar-refractivity contribution is 5.03. The molecule has 0 unspecified atom stereocenters. The zero-order valence-electron chi connectivity index (χ0n) is 10.2. The van der Waals surface area contributed by atoms with Crippen LogP contribution in [-0.2, 0) is 13.5 Å². The number of rotatable bonds is 7. The SMILES string of the molecule is CC(C)NCCCCCc1cnn(C)c1. The Morgan fingerprint density at radius 3 is 2.73 bits per heavy atom. The summed E-state index contributed by atoms with van der Waals surface area (Å²) in [7, 11) is 1.97. The molecule has 1 heterocycles. The summed E-state index contributed by atoms with van der Waals surface area (Å²) in [4.78, 5) is 0. The van der Waals surface area contributed by atoms with Gasteiger partial charge in [0, 0.05) is 19.3 Å². The second-order valence-electron chi connectivity index (χ2n) is 4.44. The van der Waals surface area contributed by atoms with Crippen molar-refractivity contribution in [3.63, 3.8) is 0 Å². The van der Waals surface area contributed by atoms with E-state index in [2.05, 4.69) is 30.5 Å². The van der Waals surface area contributed by atoms with Crippen molar-refractivity contribution in [1.29, 1.82) is 0 Å². The van der Waals surface area contributed by atoms with Crippen LogP contribution in [0.25, 0.3) is 0 Å². The minimum absolute atomic E-state index is 0.614. The molecule has 0 spiro atoms. The van der Waals surface area contributed by atoms with Gasteiger partial charge < -0.3 is 5.32 Å². The predicted octanol–water partition coefficient (Wildman–Crippen LogP) is 2.13. The minimum Gasteiger partial charge on any atom is -0.315 e. The Labute approximate surface area is 92.9 Å². The van der Waals surface area contributed by atoms with E-state index in [1.807, 2.05) is 17.9 Å². The molecule has 0 amide bonds. The first-order chi connectivity index (χ1) is 7.18. The van der Waals surface area contributed by atoms with Crippen LogP contribution in [0.5, 0.6) is 0 Å². The van der Waals surface area contributed by atoms with Crippen molar-refractivity contribution in [3.05, 3.63) is 18.0 Å². The number of aromatic nitrogens is 2. The molecule has 86 valence electrons. The lowest BCUT2D eigenvalue weighted by Gasteiger charge is -2.06. The second kappa shape index (κ2) is 6.62. The molecule has 1 N–H and O–H groups in total. The first-order valence-corrected chi connectivity index (χ1v) is 5.89. The number of hydrogen-bond donors (Lipinski definition) is 1. The van der Waals surface area contributed by atoms with E-state index >= 15 is 0 Å². The van der Waals surface area contributed by atoms with Crippen LogP contribution in [0.4, 0.5) is 0 Å². The minimum atomic E-state index is 0.614. The lowest BCUT2D eigenvalue weighted by atomic mass is 10.1. The van der Waals surface area contributed by atoms with E-state index in [1.54, 1.807) is 0 Å². The highest BCUT2D eigenvalue weighted by Crippen LogP contribution is 2.04. The second-order valence-corrected chi connectivity index (χ2v) is 4.44. The van der Waals surface area contributed by atoms with Crippen LogP contribution in [0.3, 0.4) is 0 Å². The molecular formula is C12H23N3. The Morgan fingerprint density at radius 1 is 1.33 bits per heavy atom. The number of hydrogen-bond acceptors (Lipinski definition) is 2. The maximum Gasteiger partial charge on any atom is 0.0521 e. The van der Waals surface area contributed by atoms with Crippen molar-refractivity contribution >= 4 is 0 Å². The van der Waals surface area contributed by atoms with E-state index in [-0.39, 0.29) is 0 Å². The van der Waals surface area contributed by atoms with Gasteiger partial charge in [0.25, 0.3) is 0 Å². The highest BCUT2D eigenvalue weighted by atomic mass is 15.2. The van der Waals surface area contributed by atoms with Gasteiger partial charge in [0.05, 0.1) is 6.20 Å². The molecule has 0 saturated heterocycles. The average Bonchev–Trinajstić information content (AvgIpc) is 2.57. The summed E-state index contributed by atoms with van der Waals surface area (Å²) in [6.07, 6.45) is 9.08. The highest BCUT2D eigenvalue weighted by Gasteiger charge is 1.96. The Morgan fingerprint density at radius 2 is 2.13 bits per heavy atom. The van der Waals surface area contributed by atoms with Crippen LogP contribution in [0, 0.1) is 0 Å². The van der Waals surface area contributed by atoms with Crippen LogP contribution < -0.4 is 5.32 Å². The smallest absolute Gasteiger partial charge is 0.0521 e. The van der Waals surface area contributed by atoms with Gasteiger partial charge in [-0.2, -0.15) is 5.10 Å². The van der Waals surface area contributed by atoms with Gasteiger partial charge in [-0.3, -0.25) is 4.68 Å². The Hall–Kier alpha value is -0.830. The normalized spacial score (nSPS) is 11.2. The Kier molecular flexibility index (Phi) is 5.40. The first-order valence-electron chi connectivity index (χ1n) is 5.89. The maximum atomic E-state index is 4.16. The molecule has 0 bridgehead atoms. The molecule has 0 atom stereocenters. The topological polar surface area (TPSA) is 29.9 Å². The summed E-state index contributed by atoms with van der Waals surface area (Å²) in [5, 5.41) is 7.59. The number of nitrogens with zero attached hydrogens (tertiary/aromatic N) is 2. The quantitative estimate of drug-likeness (QED) is 0.697. The monoisotopic (exact) mass is 209 g/mol. The molecule has 0 radical (unpaired) electrons. The maximum absolute atomic E-state index is 4.16. The van der Waals surface area contributed by atoms with Gasteiger partial charge in [-0.25, -0.2) is 0 Å². The van der Waals surface area contributed by atoms with Gasteiger partial charge in [-0.1, -0.05) is 20.3 Å². The van der Waals surface area contributed by atoms with E-state index in [9.17, 15) is 0 Å². The molecule has 3 nitrogen and oxygen atoms in total. The van der Waals surface area contributed by atoms with Crippen molar-refractivity contribution in [2.45, 2.75) is 45.6 Å². The number of unbranched alkanes of at least 4 members (excludes halogenated alkanes) is 2. The molecule has 1 rings (SSSR count). The molecule has 0 aliphatic heterocycles. The van der Waals surface area contributed by atoms with Crippen molar-refractivity contribution < 1.29 is 0 Å². The third-order valence-electron chi connectivity index (χ3n) is 2.45. The van der Waals surface area contributed by atoms with E-state index in [4.69, 9.17) is 0 Å². The molecule has 0 fully saturated rings. The molecular weight excluding hydrogens is 186 g/mol. The molecule has 3 heteroatoms. The summed E-state index contributed by atoms with van der Waals surface area (Å²) in [6.45, 7) is 5.52. The zero-order chi connectivity index (χ0) is 11.1. The molecule has 0 aliphatic rings. The van der Waals surface area contributed by atoms with Crippen LogP contribution in [-0.4, -0.2) is 22.4 Å². The van der Waals surface area contributed by atoms with E-state index in [1.165, 1.54) is 24.8 Å². The van der Waals surface area contributed by atoms with Crippen molar-refractivity contribution in [1.82, 2.24) is 15.1 Å². The lowest BCUT2D eigenvalue weighted by Crippen LogP contribution is -2.23. The van der Waals surface area contributed by atoms with Crippen LogP contribution in [0.15, 0.2) is 12.4 Å². The summed E-state index contributed by atoms with van der Waals surface area (Å²) >= 11 is 0. The lowest BCUT2D eigenvalue weighted by molar-refractivity contribution is 0.548. The standard InChI is InChI=1S/C12H23N3/c1-11(2)13-8-6-4-5-7-12-9-14-15(3)10-12/h9-11,13H,4-8H2,1-3H3. The molecule has 1 aromatic rings. The van der Waals surface area contributed by atoms with Gasteiger partial charge in [0.1, 0.15) is 0 Å². The molecule has 1 aromatic heterocycles. The van der Waals surface area contributed by atoms with Crippen LogP contribution in [0.1, 0.15) is 38.7 Å². The van der Waals surface area contributed by atoms with Crippen molar-refractivity contribution in [2.24, 2.45) is 7.05 Å². The fourth-order valence-electron chi connectivity index (χ4n) is 1.62. The number of aryl methyl sites for hydroxylation is 2. The van der Waals surface area contributed by atoms with Gasteiger partial charge >= 0.3 is 0 Å². The predicted molar refractivity (Wildman–Crippen MR) is 63.9 cm³/mol. The average molecular weight is 209 g/mol. The number of nitrogens with one attached hydrogen (secondary N) is 1. The van der Waals surface area contributed by atoms with Gasteiger partial charge in [-0.15, -0.1) is 0 Å². The third-order valence-corrected chi connectivity index (χ3v) is 2.45.